The highest BCUT2D eigenvalue weighted by atomic mass is 35.5. The number of rotatable bonds is 2. The highest BCUT2D eigenvalue weighted by molar-refractivity contribution is 6.42. The zero-order chi connectivity index (χ0) is 10.8. The smallest absolute Gasteiger partial charge is 0.232 e. The van der Waals surface area contributed by atoms with E-state index in [1.54, 1.807) is 36.2 Å². The van der Waals surface area contributed by atoms with Crippen molar-refractivity contribution in [3.8, 4) is 11.6 Å². The van der Waals surface area contributed by atoms with Gasteiger partial charge in [-0.1, -0.05) is 23.2 Å². The number of ether oxygens (including phenoxy) is 1. The molecular formula is C10H8Cl2N2O. The van der Waals surface area contributed by atoms with Crippen LogP contribution in [0.1, 0.15) is 0 Å². The molecule has 15 heavy (non-hydrogen) atoms. The van der Waals surface area contributed by atoms with Crippen LogP contribution in [0.5, 0.6) is 5.88 Å². The lowest BCUT2D eigenvalue weighted by molar-refractivity contribution is 0.394. The molecule has 78 valence electrons. The van der Waals surface area contributed by atoms with Gasteiger partial charge in [0.25, 0.3) is 0 Å². The number of hydrogen-bond donors (Lipinski definition) is 0. The lowest BCUT2D eigenvalue weighted by Gasteiger charge is -2.02. The van der Waals surface area contributed by atoms with Crippen LogP contribution in [-0.2, 0) is 0 Å². The van der Waals surface area contributed by atoms with Crippen LogP contribution in [-0.4, -0.2) is 16.9 Å². The van der Waals surface area contributed by atoms with E-state index in [2.05, 4.69) is 5.10 Å². The SMILES string of the molecule is COc1ccn(-c2ccc(Cl)c(Cl)c2)n1. The van der Waals surface area contributed by atoms with Gasteiger partial charge in [0.2, 0.25) is 5.88 Å². The number of benzene rings is 1. The Balaban J connectivity index is 2.40. The van der Waals surface area contributed by atoms with E-state index in [0.29, 0.717) is 15.9 Å². The lowest BCUT2D eigenvalue weighted by Crippen LogP contribution is -1.95. The van der Waals surface area contributed by atoms with Gasteiger partial charge < -0.3 is 4.74 Å². The van der Waals surface area contributed by atoms with Gasteiger partial charge in [0.1, 0.15) is 0 Å². The van der Waals surface area contributed by atoms with Crippen molar-refractivity contribution in [2.24, 2.45) is 0 Å². The molecule has 0 saturated carbocycles. The largest absolute Gasteiger partial charge is 0.480 e. The van der Waals surface area contributed by atoms with E-state index in [-0.39, 0.29) is 0 Å². The Morgan fingerprint density at radius 3 is 2.60 bits per heavy atom. The molecule has 0 atom stereocenters. The highest BCUT2D eigenvalue weighted by Crippen LogP contribution is 2.24. The van der Waals surface area contributed by atoms with Gasteiger partial charge in [-0.2, -0.15) is 0 Å². The van der Waals surface area contributed by atoms with Crippen LogP contribution in [0.25, 0.3) is 5.69 Å². The molecule has 0 aliphatic carbocycles. The molecule has 1 aromatic heterocycles. The topological polar surface area (TPSA) is 27.1 Å². The minimum Gasteiger partial charge on any atom is -0.480 e. The van der Waals surface area contributed by atoms with E-state index in [9.17, 15) is 0 Å². The van der Waals surface area contributed by atoms with Crippen molar-refractivity contribution in [1.29, 1.82) is 0 Å². The van der Waals surface area contributed by atoms with Gasteiger partial charge in [-0.15, -0.1) is 5.10 Å². The second-order valence-corrected chi connectivity index (χ2v) is 3.72. The van der Waals surface area contributed by atoms with Crippen LogP contribution < -0.4 is 4.74 Å². The maximum absolute atomic E-state index is 5.90. The molecule has 0 N–H and O–H groups in total. The maximum Gasteiger partial charge on any atom is 0.232 e. The van der Waals surface area contributed by atoms with Gasteiger partial charge >= 0.3 is 0 Å². The fourth-order valence-electron chi connectivity index (χ4n) is 1.19. The molecule has 0 spiro atoms. The quantitative estimate of drug-likeness (QED) is 0.809. The summed E-state index contributed by atoms with van der Waals surface area (Å²) in [5.41, 5.74) is 0.840. The van der Waals surface area contributed by atoms with E-state index in [1.807, 2.05) is 6.07 Å². The molecule has 0 aliphatic heterocycles. The number of nitrogens with zero attached hydrogens (tertiary/aromatic N) is 2. The lowest BCUT2D eigenvalue weighted by atomic mass is 10.3. The minimum atomic E-state index is 0.503. The summed E-state index contributed by atoms with van der Waals surface area (Å²) in [6.07, 6.45) is 1.79. The minimum absolute atomic E-state index is 0.503. The van der Waals surface area contributed by atoms with Crippen molar-refractivity contribution >= 4 is 23.2 Å². The Hall–Kier alpha value is -1.19. The third kappa shape index (κ3) is 2.08. The summed E-state index contributed by atoms with van der Waals surface area (Å²) in [7, 11) is 1.57. The van der Waals surface area contributed by atoms with Crippen LogP contribution in [0.15, 0.2) is 30.5 Å². The van der Waals surface area contributed by atoms with Crippen molar-refractivity contribution in [3.63, 3.8) is 0 Å². The van der Waals surface area contributed by atoms with E-state index < -0.39 is 0 Å². The predicted octanol–water partition coefficient (Wildman–Crippen LogP) is 3.19. The summed E-state index contributed by atoms with van der Waals surface area (Å²) in [5, 5.41) is 5.19. The summed E-state index contributed by atoms with van der Waals surface area (Å²) in [4.78, 5) is 0. The van der Waals surface area contributed by atoms with Crippen molar-refractivity contribution < 1.29 is 4.74 Å². The van der Waals surface area contributed by atoms with Crippen LogP contribution in [0.2, 0.25) is 10.0 Å². The van der Waals surface area contributed by atoms with Crippen molar-refractivity contribution in [3.05, 3.63) is 40.5 Å². The van der Waals surface area contributed by atoms with Crippen molar-refractivity contribution in [2.45, 2.75) is 0 Å². The zero-order valence-electron chi connectivity index (χ0n) is 7.95. The second kappa shape index (κ2) is 4.13. The van der Waals surface area contributed by atoms with Gasteiger partial charge in [0, 0.05) is 12.3 Å². The summed E-state index contributed by atoms with van der Waals surface area (Å²) in [5.74, 6) is 0.557. The van der Waals surface area contributed by atoms with E-state index in [0.717, 1.165) is 5.69 Å². The maximum atomic E-state index is 5.90. The third-order valence-corrected chi connectivity index (χ3v) is 2.68. The Bertz CT molecular complexity index is 482. The molecule has 2 rings (SSSR count). The first kappa shape index (κ1) is 10.3. The molecule has 0 radical (unpaired) electrons. The van der Waals surface area contributed by atoms with Gasteiger partial charge in [0.15, 0.2) is 0 Å². The van der Waals surface area contributed by atoms with Crippen LogP contribution in [0.4, 0.5) is 0 Å². The molecule has 0 aliphatic rings. The molecule has 1 heterocycles. The highest BCUT2D eigenvalue weighted by Gasteiger charge is 2.03. The number of halogens is 2. The average Bonchev–Trinajstić information content (AvgIpc) is 2.70. The van der Waals surface area contributed by atoms with Gasteiger partial charge in [-0.25, -0.2) is 4.68 Å². The fourth-order valence-corrected chi connectivity index (χ4v) is 1.48. The molecule has 0 fully saturated rings. The van der Waals surface area contributed by atoms with Gasteiger partial charge in [-0.05, 0) is 18.2 Å². The first-order valence-corrected chi connectivity index (χ1v) is 5.01. The average molecular weight is 243 g/mol. The Labute approximate surface area is 97.2 Å². The fraction of sp³-hybridized carbons (Fsp3) is 0.100. The van der Waals surface area contributed by atoms with Gasteiger partial charge in [-0.3, -0.25) is 0 Å². The number of methoxy groups -OCH3 is 1. The molecule has 0 amide bonds. The molecule has 1 aromatic carbocycles. The first-order chi connectivity index (χ1) is 7.20. The second-order valence-electron chi connectivity index (χ2n) is 2.90. The predicted molar refractivity (Wildman–Crippen MR) is 60.1 cm³/mol. The summed E-state index contributed by atoms with van der Waals surface area (Å²) < 4.78 is 6.65. The molecule has 0 saturated heterocycles. The number of hydrogen-bond acceptors (Lipinski definition) is 2. The molecule has 0 unspecified atom stereocenters. The van der Waals surface area contributed by atoms with Crippen LogP contribution >= 0.6 is 23.2 Å². The Morgan fingerprint density at radius 2 is 2.00 bits per heavy atom. The van der Waals surface area contributed by atoms with E-state index in [4.69, 9.17) is 27.9 Å². The third-order valence-electron chi connectivity index (χ3n) is 1.94. The first-order valence-electron chi connectivity index (χ1n) is 4.26. The number of aromatic nitrogens is 2. The standard InChI is InChI=1S/C10H8Cl2N2O/c1-15-10-4-5-14(13-10)7-2-3-8(11)9(12)6-7/h2-6H,1H3. The monoisotopic (exact) mass is 242 g/mol. The normalized spacial score (nSPS) is 10.3. The van der Waals surface area contributed by atoms with Crippen molar-refractivity contribution in [2.75, 3.05) is 7.11 Å². The van der Waals surface area contributed by atoms with Crippen molar-refractivity contribution in [1.82, 2.24) is 9.78 Å². The molecule has 3 nitrogen and oxygen atoms in total. The molecular weight excluding hydrogens is 235 g/mol. The zero-order valence-corrected chi connectivity index (χ0v) is 9.46. The molecule has 0 bridgehead atoms. The van der Waals surface area contributed by atoms with Crippen LogP contribution in [0.3, 0.4) is 0 Å². The molecule has 2 aromatic rings. The summed E-state index contributed by atoms with van der Waals surface area (Å²) in [6.45, 7) is 0. The van der Waals surface area contributed by atoms with Gasteiger partial charge in [0.05, 0.1) is 22.8 Å². The van der Waals surface area contributed by atoms with E-state index >= 15 is 0 Å². The Kier molecular flexibility index (Phi) is 2.84. The summed E-state index contributed by atoms with van der Waals surface area (Å²) >= 11 is 11.7. The Morgan fingerprint density at radius 1 is 1.20 bits per heavy atom. The van der Waals surface area contributed by atoms with Crippen LogP contribution in [0, 0.1) is 0 Å². The van der Waals surface area contributed by atoms with E-state index in [1.165, 1.54) is 0 Å². The molecule has 5 heteroatoms. The summed E-state index contributed by atoms with van der Waals surface area (Å²) in [6, 6.07) is 7.08.